The Labute approximate surface area is 144 Å². The largest absolute Gasteiger partial charge is 0.495 e. The van der Waals surface area contributed by atoms with Gasteiger partial charge in [-0.2, -0.15) is 0 Å². The second-order valence-corrected chi connectivity index (χ2v) is 5.87. The Hall–Kier alpha value is -3.47. The van der Waals surface area contributed by atoms with Crippen molar-refractivity contribution < 1.29 is 4.74 Å². The summed E-state index contributed by atoms with van der Waals surface area (Å²) >= 11 is 0. The Morgan fingerprint density at radius 2 is 1.56 bits per heavy atom. The third-order valence-corrected chi connectivity index (χ3v) is 4.46. The minimum Gasteiger partial charge on any atom is -0.495 e. The molecule has 5 rings (SSSR count). The van der Waals surface area contributed by atoms with Crippen molar-refractivity contribution in [3.05, 3.63) is 60.7 Å². The maximum Gasteiger partial charge on any atom is 0.247 e. The molecule has 0 unspecified atom stereocenters. The summed E-state index contributed by atoms with van der Waals surface area (Å²) in [6, 6.07) is 20.1. The molecular weight excluding hydrogens is 312 g/mol. The number of fused-ring (bicyclic) bond motifs is 3. The molecule has 0 saturated carbocycles. The van der Waals surface area contributed by atoms with Crippen molar-refractivity contribution >= 4 is 22.4 Å². The van der Waals surface area contributed by atoms with E-state index in [1.54, 1.807) is 7.11 Å². The Bertz CT molecular complexity index is 1120. The van der Waals surface area contributed by atoms with Crippen molar-refractivity contribution in [2.45, 2.75) is 0 Å². The topological polar surface area (TPSA) is 59.9 Å². The third-order valence-electron chi connectivity index (χ3n) is 4.46. The highest BCUT2D eigenvalue weighted by atomic mass is 16.5. The van der Waals surface area contributed by atoms with E-state index in [0.717, 1.165) is 34.0 Å². The normalized spacial score (nSPS) is 11.4. The smallest absolute Gasteiger partial charge is 0.247 e. The van der Waals surface area contributed by atoms with Crippen LogP contribution in [-0.4, -0.2) is 22.3 Å². The summed E-state index contributed by atoms with van der Waals surface area (Å²) in [6.07, 6.45) is 0. The molecule has 1 N–H and O–H groups in total. The number of para-hydroxylation sites is 2. The molecule has 4 aromatic rings. The summed E-state index contributed by atoms with van der Waals surface area (Å²) in [7, 11) is 1.64. The first kappa shape index (κ1) is 13.9. The fourth-order valence-electron chi connectivity index (χ4n) is 3.35. The second kappa shape index (κ2) is 5.27. The second-order valence-electron chi connectivity index (χ2n) is 5.87. The van der Waals surface area contributed by atoms with E-state index in [9.17, 15) is 0 Å². The Kier molecular flexibility index (Phi) is 2.94. The van der Waals surface area contributed by atoms with Crippen LogP contribution in [0.3, 0.4) is 0 Å². The Balaban J connectivity index is 1.63. The number of methoxy groups -OCH3 is 1. The number of ether oxygens (including phenoxy) is 1. The number of nitrogens with one attached hydrogen (secondary N) is 1. The Morgan fingerprint density at radius 1 is 0.800 bits per heavy atom. The molecule has 5 heteroatoms. The summed E-state index contributed by atoms with van der Waals surface area (Å²) in [5, 5.41) is 14.3. The van der Waals surface area contributed by atoms with E-state index in [4.69, 9.17) is 9.72 Å². The fourth-order valence-corrected chi connectivity index (χ4v) is 3.35. The van der Waals surface area contributed by atoms with E-state index in [2.05, 4.69) is 39.8 Å². The predicted octanol–water partition coefficient (Wildman–Crippen LogP) is 4.42. The van der Waals surface area contributed by atoms with Crippen LogP contribution in [0.1, 0.15) is 0 Å². The zero-order chi connectivity index (χ0) is 16.8. The van der Waals surface area contributed by atoms with Gasteiger partial charge in [0.15, 0.2) is 0 Å². The molecule has 0 fully saturated rings. The lowest BCUT2D eigenvalue weighted by Crippen LogP contribution is -2.02. The van der Waals surface area contributed by atoms with E-state index >= 15 is 0 Å². The van der Waals surface area contributed by atoms with Crippen LogP contribution in [0.2, 0.25) is 0 Å². The molecule has 3 aromatic carbocycles. The Morgan fingerprint density at radius 3 is 2.36 bits per heavy atom. The molecule has 1 heterocycles. The van der Waals surface area contributed by atoms with Crippen molar-refractivity contribution in [1.29, 1.82) is 0 Å². The van der Waals surface area contributed by atoms with Gasteiger partial charge in [-0.1, -0.05) is 48.5 Å². The molecule has 0 aliphatic heterocycles. The summed E-state index contributed by atoms with van der Waals surface area (Å²) in [5.41, 5.74) is 4.69. The first-order valence-electron chi connectivity index (χ1n) is 8.02. The van der Waals surface area contributed by atoms with Crippen LogP contribution in [0.15, 0.2) is 60.7 Å². The fraction of sp³-hybridized carbons (Fsp3) is 0.0500. The van der Waals surface area contributed by atoms with Gasteiger partial charge in [0.25, 0.3) is 0 Å². The van der Waals surface area contributed by atoms with Crippen LogP contribution in [0, 0.1) is 0 Å². The van der Waals surface area contributed by atoms with Crippen LogP contribution < -0.4 is 10.1 Å². The number of hydrogen-bond donors (Lipinski definition) is 1. The molecule has 0 spiro atoms. The van der Waals surface area contributed by atoms with Gasteiger partial charge < -0.3 is 10.1 Å². The molecule has 0 amide bonds. The van der Waals surface area contributed by atoms with E-state index in [0.29, 0.717) is 5.95 Å². The zero-order valence-corrected chi connectivity index (χ0v) is 13.5. The SMILES string of the molecule is COc1ccccc1Nc1nnc2c(n1)-c1cccc3cccc-2c13. The van der Waals surface area contributed by atoms with Crippen molar-refractivity contribution in [3.63, 3.8) is 0 Å². The monoisotopic (exact) mass is 326 g/mol. The predicted molar refractivity (Wildman–Crippen MR) is 98.0 cm³/mol. The van der Waals surface area contributed by atoms with Gasteiger partial charge in [-0.15, -0.1) is 10.2 Å². The number of rotatable bonds is 3. The van der Waals surface area contributed by atoms with Crippen LogP contribution in [0.25, 0.3) is 33.3 Å². The highest BCUT2D eigenvalue weighted by Crippen LogP contribution is 2.44. The van der Waals surface area contributed by atoms with Crippen LogP contribution in [0.4, 0.5) is 11.6 Å². The van der Waals surface area contributed by atoms with Crippen molar-refractivity contribution in [2.24, 2.45) is 0 Å². The highest BCUT2D eigenvalue weighted by Gasteiger charge is 2.24. The summed E-state index contributed by atoms with van der Waals surface area (Å²) in [5.74, 6) is 1.19. The standard InChI is InChI=1S/C20H14N4O/c1-25-16-11-3-2-10-15(16)21-20-22-18-13-8-4-6-12-7-5-9-14(17(12)13)19(18)23-24-20/h2-11H,1H3,(H,21,22,24). The van der Waals surface area contributed by atoms with Gasteiger partial charge in [0.2, 0.25) is 5.95 Å². The molecule has 0 bridgehead atoms. The molecule has 0 atom stereocenters. The molecule has 25 heavy (non-hydrogen) atoms. The quantitative estimate of drug-likeness (QED) is 0.531. The van der Waals surface area contributed by atoms with Gasteiger partial charge in [0.05, 0.1) is 12.8 Å². The van der Waals surface area contributed by atoms with E-state index in [1.807, 2.05) is 36.4 Å². The highest BCUT2D eigenvalue weighted by molar-refractivity contribution is 6.13. The number of nitrogens with zero attached hydrogens (tertiary/aromatic N) is 3. The molecule has 1 aliphatic rings. The molecule has 120 valence electrons. The molecule has 0 saturated heterocycles. The van der Waals surface area contributed by atoms with Gasteiger partial charge in [-0.3, -0.25) is 0 Å². The minimum atomic E-state index is 0.452. The number of anilines is 2. The first-order chi connectivity index (χ1) is 12.3. The molecule has 1 aliphatic carbocycles. The van der Waals surface area contributed by atoms with Gasteiger partial charge in [-0.05, 0) is 17.5 Å². The number of aromatic nitrogens is 3. The van der Waals surface area contributed by atoms with Crippen molar-refractivity contribution in [1.82, 2.24) is 15.2 Å². The summed E-state index contributed by atoms with van der Waals surface area (Å²) in [6.45, 7) is 0. The lowest BCUT2D eigenvalue weighted by Gasteiger charge is -2.10. The molecular formula is C20H14N4O. The molecule has 0 radical (unpaired) electrons. The van der Waals surface area contributed by atoms with E-state index in [-0.39, 0.29) is 0 Å². The third kappa shape index (κ3) is 2.06. The average Bonchev–Trinajstić information content (AvgIpc) is 2.98. The van der Waals surface area contributed by atoms with Crippen LogP contribution >= 0.6 is 0 Å². The van der Waals surface area contributed by atoms with E-state index < -0.39 is 0 Å². The zero-order valence-electron chi connectivity index (χ0n) is 13.5. The molecule has 5 nitrogen and oxygen atoms in total. The van der Waals surface area contributed by atoms with E-state index in [1.165, 1.54) is 10.8 Å². The first-order valence-corrected chi connectivity index (χ1v) is 8.02. The van der Waals surface area contributed by atoms with Gasteiger partial charge >= 0.3 is 0 Å². The maximum absolute atomic E-state index is 5.37. The van der Waals surface area contributed by atoms with Crippen molar-refractivity contribution in [3.8, 4) is 28.3 Å². The van der Waals surface area contributed by atoms with Crippen LogP contribution in [0.5, 0.6) is 5.75 Å². The van der Waals surface area contributed by atoms with Gasteiger partial charge in [-0.25, -0.2) is 4.98 Å². The lowest BCUT2D eigenvalue weighted by molar-refractivity contribution is 0.417. The average molecular weight is 326 g/mol. The molecule has 1 aromatic heterocycles. The number of hydrogen-bond acceptors (Lipinski definition) is 5. The minimum absolute atomic E-state index is 0.452. The van der Waals surface area contributed by atoms with Crippen LogP contribution in [-0.2, 0) is 0 Å². The summed E-state index contributed by atoms with van der Waals surface area (Å²) < 4.78 is 5.37. The maximum atomic E-state index is 5.37. The summed E-state index contributed by atoms with van der Waals surface area (Å²) in [4.78, 5) is 4.72. The van der Waals surface area contributed by atoms with Crippen molar-refractivity contribution in [2.75, 3.05) is 12.4 Å². The number of benzene rings is 3. The van der Waals surface area contributed by atoms with Gasteiger partial charge in [0, 0.05) is 16.5 Å². The van der Waals surface area contributed by atoms with Gasteiger partial charge in [0.1, 0.15) is 17.1 Å². The lowest BCUT2D eigenvalue weighted by atomic mass is 10.0.